The first-order valence-electron chi connectivity index (χ1n) is 4.20. The fourth-order valence-corrected chi connectivity index (χ4v) is 1.32. The van der Waals surface area contributed by atoms with Crippen molar-refractivity contribution in [3.8, 4) is 5.75 Å². The quantitative estimate of drug-likeness (QED) is 0.913. The highest BCUT2D eigenvalue weighted by Crippen LogP contribution is 2.16. The summed E-state index contributed by atoms with van der Waals surface area (Å²) in [7, 11) is 0. The Morgan fingerprint density at radius 3 is 2.71 bits per heavy atom. The van der Waals surface area contributed by atoms with E-state index >= 15 is 0 Å². The number of nitrogens with zero attached hydrogens (tertiary/aromatic N) is 1. The zero-order chi connectivity index (χ0) is 9.80. The summed E-state index contributed by atoms with van der Waals surface area (Å²) in [5.74, 6) is 0.850. The van der Waals surface area contributed by atoms with Gasteiger partial charge in [0.15, 0.2) is 0 Å². The van der Waals surface area contributed by atoms with Crippen molar-refractivity contribution in [2.24, 2.45) is 0 Å². The minimum atomic E-state index is 0.516. The van der Waals surface area contributed by atoms with Crippen LogP contribution >= 0.6 is 15.9 Å². The number of H-pyrrole nitrogens is 1. The average molecular weight is 253 g/mol. The number of aromatic amines is 1. The van der Waals surface area contributed by atoms with Crippen molar-refractivity contribution >= 4 is 15.9 Å². The maximum absolute atomic E-state index is 5.51. The fourth-order valence-electron chi connectivity index (χ4n) is 1.06. The Kier molecular flexibility index (Phi) is 2.84. The van der Waals surface area contributed by atoms with Gasteiger partial charge in [0.1, 0.15) is 12.4 Å². The lowest BCUT2D eigenvalue weighted by molar-refractivity contribution is 0.302. The van der Waals surface area contributed by atoms with Crippen molar-refractivity contribution in [1.82, 2.24) is 9.97 Å². The van der Waals surface area contributed by atoms with Crippen LogP contribution in [0.15, 0.2) is 41.3 Å². The molecule has 0 amide bonds. The summed E-state index contributed by atoms with van der Waals surface area (Å²) >= 11 is 3.36. The Morgan fingerprint density at radius 1 is 1.29 bits per heavy atom. The largest absolute Gasteiger partial charge is 0.487 e. The maximum Gasteiger partial charge on any atom is 0.130 e. The minimum absolute atomic E-state index is 0.516. The van der Waals surface area contributed by atoms with E-state index in [9.17, 15) is 0 Å². The third kappa shape index (κ3) is 2.35. The molecule has 0 aliphatic rings. The van der Waals surface area contributed by atoms with Crippen molar-refractivity contribution in [3.05, 3.63) is 47.0 Å². The fraction of sp³-hybridized carbons (Fsp3) is 0.100. The number of ether oxygens (including phenoxy) is 1. The van der Waals surface area contributed by atoms with Crippen LogP contribution in [-0.2, 0) is 6.61 Å². The second-order valence-electron chi connectivity index (χ2n) is 2.82. The summed E-state index contributed by atoms with van der Waals surface area (Å²) in [4.78, 5) is 6.88. The molecular weight excluding hydrogens is 244 g/mol. The average Bonchev–Trinajstić information content (AvgIpc) is 2.70. The van der Waals surface area contributed by atoms with Crippen molar-refractivity contribution < 1.29 is 4.74 Å². The van der Waals surface area contributed by atoms with E-state index in [2.05, 4.69) is 25.9 Å². The molecular formula is C10H9BrN2O. The second kappa shape index (κ2) is 4.28. The van der Waals surface area contributed by atoms with Crippen LogP contribution in [0.25, 0.3) is 0 Å². The number of aromatic nitrogens is 2. The van der Waals surface area contributed by atoms with Gasteiger partial charge in [0.05, 0.1) is 18.2 Å². The van der Waals surface area contributed by atoms with Gasteiger partial charge < -0.3 is 9.72 Å². The molecule has 0 bridgehead atoms. The molecule has 0 saturated heterocycles. The minimum Gasteiger partial charge on any atom is -0.487 e. The first kappa shape index (κ1) is 9.27. The maximum atomic E-state index is 5.51. The van der Waals surface area contributed by atoms with E-state index in [0.717, 1.165) is 15.9 Å². The smallest absolute Gasteiger partial charge is 0.130 e. The molecule has 1 N–H and O–H groups in total. The summed E-state index contributed by atoms with van der Waals surface area (Å²) in [6, 6.07) is 7.73. The molecule has 1 aromatic carbocycles. The normalized spacial score (nSPS) is 10.1. The van der Waals surface area contributed by atoms with Gasteiger partial charge in [-0.05, 0) is 24.3 Å². The molecule has 0 aliphatic heterocycles. The van der Waals surface area contributed by atoms with Gasteiger partial charge in [-0.25, -0.2) is 4.98 Å². The molecule has 4 heteroatoms. The SMILES string of the molecule is Brc1ccc(OCc2cnc[nH]2)cc1. The monoisotopic (exact) mass is 252 g/mol. The van der Waals surface area contributed by atoms with E-state index in [4.69, 9.17) is 4.74 Å². The third-order valence-corrected chi connectivity index (χ3v) is 2.29. The van der Waals surface area contributed by atoms with E-state index in [1.165, 1.54) is 0 Å². The van der Waals surface area contributed by atoms with Crippen LogP contribution < -0.4 is 4.74 Å². The van der Waals surface area contributed by atoms with E-state index in [-0.39, 0.29) is 0 Å². The molecule has 0 spiro atoms. The topological polar surface area (TPSA) is 37.9 Å². The summed E-state index contributed by atoms with van der Waals surface area (Å²) < 4.78 is 6.56. The van der Waals surface area contributed by atoms with Crippen LogP contribution in [0.3, 0.4) is 0 Å². The predicted molar refractivity (Wildman–Crippen MR) is 57.1 cm³/mol. The summed E-state index contributed by atoms with van der Waals surface area (Å²) in [5.41, 5.74) is 0.966. The molecule has 0 aliphatic carbocycles. The number of nitrogens with one attached hydrogen (secondary N) is 1. The van der Waals surface area contributed by atoms with Crippen LogP contribution in [0.2, 0.25) is 0 Å². The van der Waals surface area contributed by atoms with Crippen molar-refractivity contribution in [1.29, 1.82) is 0 Å². The number of imidazole rings is 1. The zero-order valence-electron chi connectivity index (χ0n) is 7.40. The first-order valence-corrected chi connectivity index (χ1v) is 4.99. The van der Waals surface area contributed by atoms with Crippen LogP contribution in [0, 0.1) is 0 Å². The standard InChI is InChI=1S/C10H9BrN2O/c11-8-1-3-10(4-2-8)14-6-9-5-12-7-13-9/h1-5,7H,6H2,(H,12,13). The molecule has 0 unspecified atom stereocenters. The lowest BCUT2D eigenvalue weighted by Crippen LogP contribution is -1.94. The Morgan fingerprint density at radius 2 is 2.07 bits per heavy atom. The van der Waals surface area contributed by atoms with Gasteiger partial charge >= 0.3 is 0 Å². The first-order chi connectivity index (χ1) is 6.84. The van der Waals surface area contributed by atoms with Crippen molar-refractivity contribution in [2.75, 3.05) is 0 Å². The predicted octanol–water partition coefficient (Wildman–Crippen LogP) is 2.75. The summed E-state index contributed by atoms with van der Waals surface area (Å²) in [6.07, 6.45) is 3.39. The zero-order valence-corrected chi connectivity index (χ0v) is 8.99. The van der Waals surface area contributed by atoms with Crippen molar-refractivity contribution in [3.63, 3.8) is 0 Å². The van der Waals surface area contributed by atoms with E-state index in [1.807, 2.05) is 24.3 Å². The molecule has 14 heavy (non-hydrogen) atoms. The van der Waals surface area contributed by atoms with Crippen LogP contribution in [0.5, 0.6) is 5.75 Å². The molecule has 3 nitrogen and oxygen atoms in total. The van der Waals surface area contributed by atoms with E-state index in [0.29, 0.717) is 6.61 Å². The number of benzene rings is 1. The molecule has 72 valence electrons. The van der Waals surface area contributed by atoms with Gasteiger partial charge in [0.25, 0.3) is 0 Å². The Labute approximate surface area is 90.3 Å². The number of hydrogen-bond donors (Lipinski definition) is 1. The van der Waals surface area contributed by atoms with Crippen LogP contribution in [0.1, 0.15) is 5.69 Å². The van der Waals surface area contributed by atoms with Gasteiger partial charge in [-0.3, -0.25) is 0 Å². The van der Waals surface area contributed by atoms with E-state index in [1.54, 1.807) is 12.5 Å². The highest BCUT2D eigenvalue weighted by Gasteiger charge is 1.96. The molecule has 0 fully saturated rings. The molecule has 1 aromatic heterocycles. The Bertz CT molecular complexity index is 383. The highest BCUT2D eigenvalue weighted by molar-refractivity contribution is 9.10. The lowest BCUT2D eigenvalue weighted by Gasteiger charge is -2.03. The number of halogens is 1. The van der Waals surface area contributed by atoms with Crippen molar-refractivity contribution in [2.45, 2.75) is 6.61 Å². The molecule has 0 saturated carbocycles. The van der Waals surface area contributed by atoms with E-state index < -0.39 is 0 Å². The molecule has 2 rings (SSSR count). The molecule has 0 radical (unpaired) electrons. The van der Waals surface area contributed by atoms with Crippen LogP contribution in [-0.4, -0.2) is 9.97 Å². The molecule has 2 aromatic rings. The summed E-state index contributed by atoms with van der Waals surface area (Å²) in [6.45, 7) is 0.516. The molecule has 1 heterocycles. The van der Waals surface area contributed by atoms with Gasteiger partial charge in [0.2, 0.25) is 0 Å². The number of hydrogen-bond acceptors (Lipinski definition) is 2. The molecule has 0 atom stereocenters. The van der Waals surface area contributed by atoms with Crippen LogP contribution in [0.4, 0.5) is 0 Å². The summed E-state index contributed by atoms with van der Waals surface area (Å²) in [5, 5.41) is 0. The Balaban J connectivity index is 1.95. The third-order valence-electron chi connectivity index (χ3n) is 1.76. The van der Waals surface area contributed by atoms with Gasteiger partial charge in [-0.1, -0.05) is 15.9 Å². The van der Waals surface area contributed by atoms with Gasteiger partial charge in [0, 0.05) is 4.47 Å². The highest BCUT2D eigenvalue weighted by atomic mass is 79.9. The Hall–Kier alpha value is -1.29. The lowest BCUT2D eigenvalue weighted by atomic mass is 10.3. The van der Waals surface area contributed by atoms with Gasteiger partial charge in [-0.2, -0.15) is 0 Å². The second-order valence-corrected chi connectivity index (χ2v) is 3.74. The van der Waals surface area contributed by atoms with Gasteiger partial charge in [-0.15, -0.1) is 0 Å². The number of rotatable bonds is 3.